The third-order valence-electron chi connectivity index (χ3n) is 3.59. The molecule has 1 aliphatic heterocycles. The van der Waals surface area contributed by atoms with Gasteiger partial charge in [0.2, 0.25) is 0 Å². The number of ether oxygens (including phenoxy) is 1. The molecule has 3 nitrogen and oxygen atoms in total. The minimum absolute atomic E-state index is 0.297. The van der Waals surface area contributed by atoms with Gasteiger partial charge in [0.1, 0.15) is 0 Å². The maximum atomic E-state index is 5.98. The van der Waals surface area contributed by atoms with Crippen molar-refractivity contribution in [3.05, 3.63) is 20.8 Å². The topological polar surface area (TPSA) is 24.5 Å². The SMILES string of the molecule is CCCN1CCOC(C(Cc2ccc(Br)s2)NC)C1. The highest BCUT2D eigenvalue weighted by atomic mass is 79.9. The summed E-state index contributed by atoms with van der Waals surface area (Å²) in [4.78, 5) is 3.92. The van der Waals surface area contributed by atoms with Crippen molar-refractivity contribution in [2.75, 3.05) is 33.3 Å². The van der Waals surface area contributed by atoms with Crippen LogP contribution >= 0.6 is 27.3 Å². The van der Waals surface area contributed by atoms with Crippen LogP contribution in [0.5, 0.6) is 0 Å². The Morgan fingerprint density at radius 3 is 3.05 bits per heavy atom. The molecule has 2 rings (SSSR count). The Labute approximate surface area is 128 Å². The molecule has 0 saturated carbocycles. The second kappa shape index (κ2) is 7.74. The zero-order valence-corrected chi connectivity index (χ0v) is 14.1. The van der Waals surface area contributed by atoms with Crippen molar-refractivity contribution in [2.24, 2.45) is 0 Å². The van der Waals surface area contributed by atoms with E-state index in [1.807, 2.05) is 18.4 Å². The van der Waals surface area contributed by atoms with Crippen molar-refractivity contribution in [3.63, 3.8) is 0 Å². The van der Waals surface area contributed by atoms with E-state index in [-0.39, 0.29) is 0 Å². The Morgan fingerprint density at radius 1 is 1.58 bits per heavy atom. The number of morpholine rings is 1. The molecule has 108 valence electrons. The van der Waals surface area contributed by atoms with Crippen LogP contribution in [0.25, 0.3) is 0 Å². The van der Waals surface area contributed by atoms with Crippen LogP contribution in [0.1, 0.15) is 18.2 Å². The summed E-state index contributed by atoms with van der Waals surface area (Å²) in [6.07, 6.45) is 2.55. The van der Waals surface area contributed by atoms with Crippen molar-refractivity contribution in [3.8, 4) is 0 Å². The molecule has 1 fully saturated rings. The molecule has 5 heteroatoms. The number of nitrogens with zero attached hydrogens (tertiary/aromatic N) is 1. The largest absolute Gasteiger partial charge is 0.374 e. The first-order chi connectivity index (χ1) is 9.22. The van der Waals surface area contributed by atoms with Crippen LogP contribution in [0.4, 0.5) is 0 Å². The van der Waals surface area contributed by atoms with Crippen LogP contribution in [0.3, 0.4) is 0 Å². The Kier molecular flexibility index (Phi) is 6.29. The van der Waals surface area contributed by atoms with Gasteiger partial charge in [-0.25, -0.2) is 0 Å². The van der Waals surface area contributed by atoms with Gasteiger partial charge >= 0.3 is 0 Å². The van der Waals surface area contributed by atoms with Gasteiger partial charge in [-0.3, -0.25) is 4.90 Å². The van der Waals surface area contributed by atoms with Gasteiger partial charge in [-0.15, -0.1) is 11.3 Å². The zero-order valence-electron chi connectivity index (χ0n) is 11.7. The first kappa shape index (κ1) is 15.4. The molecule has 0 aliphatic carbocycles. The van der Waals surface area contributed by atoms with Crippen LogP contribution in [0.15, 0.2) is 15.9 Å². The average Bonchev–Trinajstić information content (AvgIpc) is 2.82. The maximum absolute atomic E-state index is 5.98. The fourth-order valence-electron chi connectivity index (χ4n) is 2.59. The van der Waals surface area contributed by atoms with E-state index in [9.17, 15) is 0 Å². The third-order valence-corrected chi connectivity index (χ3v) is 5.23. The first-order valence-electron chi connectivity index (χ1n) is 6.98. The van der Waals surface area contributed by atoms with E-state index in [0.29, 0.717) is 12.1 Å². The molecule has 0 bridgehead atoms. The number of thiophene rings is 1. The summed E-state index contributed by atoms with van der Waals surface area (Å²) in [5, 5.41) is 3.43. The number of rotatable bonds is 6. The summed E-state index contributed by atoms with van der Waals surface area (Å²) >= 11 is 5.34. The van der Waals surface area contributed by atoms with E-state index in [2.05, 4.69) is 45.2 Å². The van der Waals surface area contributed by atoms with Gasteiger partial charge in [0, 0.05) is 24.0 Å². The number of halogens is 1. The van der Waals surface area contributed by atoms with E-state index in [1.54, 1.807) is 0 Å². The lowest BCUT2D eigenvalue weighted by molar-refractivity contribution is -0.0449. The maximum Gasteiger partial charge on any atom is 0.0858 e. The van der Waals surface area contributed by atoms with Crippen LogP contribution in [0.2, 0.25) is 0 Å². The third kappa shape index (κ3) is 4.53. The number of hydrogen-bond acceptors (Lipinski definition) is 4. The Hall–Kier alpha value is 0.0600. The molecule has 0 aromatic carbocycles. The predicted octanol–water partition coefficient (Wildman–Crippen LogP) is 2.75. The lowest BCUT2D eigenvalue weighted by atomic mass is 10.0. The lowest BCUT2D eigenvalue weighted by Crippen LogP contribution is -2.52. The van der Waals surface area contributed by atoms with E-state index in [0.717, 1.165) is 26.1 Å². The number of nitrogens with one attached hydrogen (secondary N) is 1. The Balaban J connectivity index is 1.92. The molecular weight excluding hydrogens is 324 g/mol. The van der Waals surface area contributed by atoms with Crippen molar-refractivity contribution >= 4 is 27.3 Å². The molecule has 0 radical (unpaired) electrons. The molecule has 0 amide bonds. The molecule has 1 aromatic heterocycles. The highest BCUT2D eigenvalue weighted by molar-refractivity contribution is 9.11. The van der Waals surface area contributed by atoms with E-state index < -0.39 is 0 Å². The zero-order chi connectivity index (χ0) is 13.7. The van der Waals surface area contributed by atoms with E-state index in [1.165, 1.54) is 21.6 Å². The summed E-state index contributed by atoms with van der Waals surface area (Å²) in [7, 11) is 2.04. The molecule has 1 aromatic rings. The average molecular weight is 347 g/mol. The summed E-state index contributed by atoms with van der Waals surface area (Å²) in [6.45, 7) is 6.40. The van der Waals surface area contributed by atoms with E-state index in [4.69, 9.17) is 4.74 Å². The van der Waals surface area contributed by atoms with Crippen molar-refractivity contribution < 1.29 is 4.74 Å². The second-order valence-corrected chi connectivity index (χ2v) is 7.56. The van der Waals surface area contributed by atoms with Gasteiger partial charge in [0.05, 0.1) is 16.5 Å². The van der Waals surface area contributed by atoms with Crippen LogP contribution in [0, 0.1) is 0 Å². The minimum atomic E-state index is 0.297. The van der Waals surface area contributed by atoms with Crippen molar-refractivity contribution in [1.29, 1.82) is 0 Å². The van der Waals surface area contributed by atoms with Crippen LogP contribution in [-0.4, -0.2) is 50.3 Å². The summed E-state index contributed by atoms with van der Waals surface area (Å²) < 4.78 is 7.18. The fourth-order valence-corrected chi connectivity index (χ4v) is 4.13. The summed E-state index contributed by atoms with van der Waals surface area (Å²) in [5.41, 5.74) is 0. The molecule has 2 unspecified atom stereocenters. The smallest absolute Gasteiger partial charge is 0.0858 e. The van der Waals surface area contributed by atoms with Crippen molar-refractivity contribution in [1.82, 2.24) is 10.2 Å². The monoisotopic (exact) mass is 346 g/mol. The summed E-state index contributed by atoms with van der Waals surface area (Å²) in [5.74, 6) is 0. The fraction of sp³-hybridized carbons (Fsp3) is 0.714. The Bertz CT molecular complexity index is 383. The van der Waals surface area contributed by atoms with Gasteiger partial charge in [-0.05, 0) is 54.5 Å². The molecule has 2 atom stereocenters. The summed E-state index contributed by atoms with van der Waals surface area (Å²) in [6, 6.07) is 4.72. The first-order valence-corrected chi connectivity index (χ1v) is 8.59. The van der Waals surface area contributed by atoms with Gasteiger partial charge in [0.15, 0.2) is 0 Å². The highest BCUT2D eigenvalue weighted by Crippen LogP contribution is 2.24. The molecule has 1 saturated heterocycles. The molecule has 0 spiro atoms. The second-order valence-electron chi connectivity index (χ2n) is 5.01. The molecule has 1 N–H and O–H groups in total. The minimum Gasteiger partial charge on any atom is -0.374 e. The van der Waals surface area contributed by atoms with Gasteiger partial charge in [-0.1, -0.05) is 6.92 Å². The Morgan fingerprint density at radius 2 is 2.42 bits per heavy atom. The van der Waals surface area contributed by atoms with Gasteiger partial charge in [0.25, 0.3) is 0 Å². The van der Waals surface area contributed by atoms with Gasteiger partial charge in [-0.2, -0.15) is 0 Å². The highest BCUT2D eigenvalue weighted by Gasteiger charge is 2.27. The number of hydrogen-bond donors (Lipinski definition) is 1. The van der Waals surface area contributed by atoms with Crippen LogP contribution < -0.4 is 5.32 Å². The number of likely N-dealkylation sites (N-methyl/N-ethyl adjacent to an activating group) is 1. The van der Waals surface area contributed by atoms with Crippen molar-refractivity contribution in [2.45, 2.75) is 31.9 Å². The molecule has 2 heterocycles. The molecular formula is C14H23BrN2OS. The normalized spacial score (nSPS) is 22.6. The van der Waals surface area contributed by atoms with E-state index >= 15 is 0 Å². The van der Waals surface area contributed by atoms with Gasteiger partial charge < -0.3 is 10.1 Å². The lowest BCUT2D eigenvalue weighted by Gasteiger charge is -2.36. The van der Waals surface area contributed by atoms with Crippen LogP contribution in [-0.2, 0) is 11.2 Å². The molecule has 1 aliphatic rings. The standard InChI is InChI=1S/C14H23BrN2OS/c1-3-6-17-7-8-18-13(10-17)12(16-2)9-11-4-5-14(15)19-11/h4-5,12-13,16H,3,6-10H2,1-2H3. The predicted molar refractivity (Wildman–Crippen MR) is 85.0 cm³/mol. The quantitative estimate of drug-likeness (QED) is 0.856. The molecule has 19 heavy (non-hydrogen) atoms.